The standard InChI is InChI=1S/C29H33F2N5O2/c1-21(2)14-17-36(29(38)24-6-3-4-7-25(24)31)20-28(37)35-16-5-15-34(18-19-35)27-13-12-26(32-33-27)22-8-10-23(30)11-9-22/h3-4,6-13,21H,5,14-20H2,1-2H3. The fourth-order valence-electron chi connectivity index (χ4n) is 4.40. The number of rotatable bonds is 8. The van der Waals surface area contributed by atoms with E-state index in [9.17, 15) is 18.4 Å². The second kappa shape index (κ2) is 12.6. The molecule has 1 aliphatic rings. The molecule has 0 radical (unpaired) electrons. The van der Waals surface area contributed by atoms with Crippen LogP contribution in [0.2, 0.25) is 0 Å². The third kappa shape index (κ3) is 6.90. The van der Waals surface area contributed by atoms with Gasteiger partial charge in [0.25, 0.3) is 5.91 Å². The molecule has 0 atom stereocenters. The number of halogens is 2. The number of carbonyl (C=O) groups excluding carboxylic acids is 2. The molecule has 4 rings (SSSR count). The normalized spacial score (nSPS) is 13.9. The molecule has 1 saturated heterocycles. The van der Waals surface area contributed by atoms with Crippen molar-refractivity contribution in [3.8, 4) is 11.3 Å². The lowest BCUT2D eigenvalue weighted by Gasteiger charge is -2.28. The van der Waals surface area contributed by atoms with Gasteiger partial charge in [0, 0.05) is 38.3 Å². The first-order chi connectivity index (χ1) is 18.3. The summed E-state index contributed by atoms with van der Waals surface area (Å²) in [5, 5.41) is 8.66. The fraction of sp³-hybridized carbons (Fsp3) is 0.379. The van der Waals surface area contributed by atoms with Gasteiger partial charge in [-0.1, -0.05) is 26.0 Å². The molecule has 9 heteroatoms. The summed E-state index contributed by atoms with van der Waals surface area (Å²) in [7, 11) is 0. The highest BCUT2D eigenvalue weighted by molar-refractivity contribution is 5.96. The van der Waals surface area contributed by atoms with E-state index in [-0.39, 0.29) is 23.8 Å². The molecule has 0 aliphatic carbocycles. The molecule has 1 fully saturated rings. The van der Waals surface area contributed by atoms with Gasteiger partial charge in [-0.25, -0.2) is 8.78 Å². The highest BCUT2D eigenvalue weighted by atomic mass is 19.1. The smallest absolute Gasteiger partial charge is 0.257 e. The summed E-state index contributed by atoms with van der Waals surface area (Å²) in [6, 6.07) is 15.7. The van der Waals surface area contributed by atoms with Crippen LogP contribution in [0.15, 0.2) is 60.7 Å². The number of hydrogen-bond acceptors (Lipinski definition) is 5. The summed E-state index contributed by atoms with van der Waals surface area (Å²) < 4.78 is 27.5. The minimum absolute atomic E-state index is 0.0197. The van der Waals surface area contributed by atoms with Gasteiger partial charge in [0.2, 0.25) is 5.91 Å². The Morgan fingerprint density at radius 2 is 1.68 bits per heavy atom. The Morgan fingerprint density at radius 3 is 2.37 bits per heavy atom. The molecule has 0 unspecified atom stereocenters. The van der Waals surface area contributed by atoms with E-state index in [0.29, 0.717) is 56.6 Å². The van der Waals surface area contributed by atoms with Gasteiger partial charge in [0.15, 0.2) is 5.82 Å². The molecule has 38 heavy (non-hydrogen) atoms. The molecule has 0 bridgehead atoms. The van der Waals surface area contributed by atoms with Crippen molar-refractivity contribution in [3.63, 3.8) is 0 Å². The zero-order valence-corrected chi connectivity index (χ0v) is 21.8. The van der Waals surface area contributed by atoms with Crippen LogP contribution < -0.4 is 4.90 Å². The van der Waals surface area contributed by atoms with Gasteiger partial charge in [-0.2, -0.15) is 0 Å². The number of aromatic nitrogens is 2. The molecular weight excluding hydrogens is 488 g/mol. The Labute approximate surface area is 222 Å². The Bertz CT molecular complexity index is 1230. The van der Waals surface area contributed by atoms with Crippen LogP contribution in [0, 0.1) is 17.6 Å². The number of amides is 2. The van der Waals surface area contributed by atoms with Crippen molar-refractivity contribution in [1.29, 1.82) is 0 Å². The van der Waals surface area contributed by atoms with Crippen LogP contribution in [-0.4, -0.2) is 71.1 Å². The maximum absolute atomic E-state index is 14.3. The Morgan fingerprint density at radius 1 is 0.921 bits per heavy atom. The van der Waals surface area contributed by atoms with Gasteiger partial charge in [-0.05, 0) is 67.3 Å². The summed E-state index contributed by atoms with van der Waals surface area (Å²) in [5.41, 5.74) is 1.42. The van der Waals surface area contributed by atoms with Crippen LogP contribution in [0.25, 0.3) is 11.3 Å². The topological polar surface area (TPSA) is 69.6 Å². The fourth-order valence-corrected chi connectivity index (χ4v) is 4.40. The van der Waals surface area contributed by atoms with Crippen LogP contribution in [0.4, 0.5) is 14.6 Å². The maximum atomic E-state index is 14.3. The van der Waals surface area contributed by atoms with Crippen molar-refractivity contribution in [2.45, 2.75) is 26.7 Å². The van der Waals surface area contributed by atoms with Crippen molar-refractivity contribution in [1.82, 2.24) is 20.0 Å². The third-order valence-electron chi connectivity index (χ3n) is 6.66. The average molecular weight is 522 g/mol. The van der Waals surface area contributed by atoms with Crippen molar-refractivity contribution in [2.75, 3.05) is 44.2 Å². The number of nitrogens with zero attached hydrogens (tertiary/aromatic N) is 5. The van der Waals surface area contributed by atoms with Gasteiger partial charge < -0.3 is 14.7 Å². The quantitative estimate of drug-likeness (QED) is 0.432. The molecule has 2 aromatic carbocycles. The van der Waals surface area contributed by atoms with E-state index in [1.54, 1.807) is 29.2 Å². The van der Waals surface area contributed by atoms with Crippen molar-refractivity contribution >= 4 is 17.6 Å². The van der Waals surface area contributed by atoms with Crippen LogP contribution in [-0.2, 0) is 4.79 Å². The summed E-state index contributed by atoms with van der Waals surface area (Å²) in [6.45, 7) is 6.70. The molecule has 0 saturated carbocycles. The minimum atomic E-state index is -0.587. The Hall–Kier alpha value is -3.88. The predicted octanol–water partition coefficient (Wildman–Crippen LogP) is 4.65. The first-order valence-corrected chi connectivity index (χ1v) is 13.0. The number of hydrogen-bond donors (Lipinski definition) is 0. The molecule has 3 aromatic rings. The molecule has 0 spiro atoms. The lowest BCUT2D eigenvalue weighted by molar-refractivity contribution is -0.131. The van der Waals surface area contributed by atoms with Crippen molar-refractivity contribution < 1.29 is 18.4 Å². The maximum Gasteiger partial charge on any atom is 0.257 e. The van der Waals surface area contributed by atoms with E-state index < -0.39 is 11.7 Å². The van der Waals surface area contributed by atoms with E-state index in [1.165, 1.54) is 29.2 Å². The van der Waals surface area contributed by atoms with Crippen molar-refractivity contribution in [2.24, 2.45) is 5.92 Å². The summed E-state index contributed by atoms with van der Waals surface area (Å²) >= 11 is 0. The monoisotopic (exact) mass is 521 g/mol. The molecule has 200 valence electrons. The van der Waals surface area contributed by atoms with Crippen LogP contribution in [0.5, 0.6) is 0 Å². The summed E-state index contributed by atoms with van der Waals surface area (Å²) in [6.07, 6.45) is 1.45. The third-order valence-corrected chi connectivity index (χ3v) is 6.66. The van der Waals surface area contributed by atoms with Gasteiger partial charge in [0.1, 0.15) is 18.2 Å². The van der Waals surface area contributed by atoms with Gasteiger partial charge in [0.05, 0.1) is 11.3 Å². The number of anilines is 1. The lowest BCUT2D eigenvalue weighted by atomic mass is 10.1. The lowest BCUT2D eigenvalue weighted by Crippen LogP contribution is -2.45. The SMILES string of the molecule is CC(C)CCN(CC(=O)N1CCCN(c2ccc(-c3ccc(F)cc3)nn2)CC1)C(=O)c1ccccc1F. The number of carbonyl (C=O) groups is 2. The highest BCUT2D eigenvalue weighted by Gasteiger charge is 2.26. The van der Waals surface area contributed by atoms with Gasteiger partial charge in [-0.3, -0.25) is 9.59 Å². The summed E-state index contributed by atoms with van der Waals surface area (Å²) in [5.74, 6) is -0.469. The largest absolute Gasteiger partial charge is 0.353 e. The van der Waals surface area contributed by atoms with E-state index in [2.05, 4.69) is 15.1 Å². The first kappa shape index (κ1) is 27.2. The molecule has 1 aliphatic heterocycles. The average Bonchev–Trinajstić information content (AvgIpc) is 3.18. The second-order valence-corrected chi connectivity index (χ2v) is 9.89. The molecule has 0 N–H and O–H groups in total. The molecule has 2 amide bonds. The molecular formula is C29H33F2N5O2. The molecule has 1 aromatic heterocycles. The van der Waals surface area contributed by atoms with Crippen LogP contribution in [0.1, 0.15) is 37.0 Å². The van der Waals surface area contributed by atoms with Crippen LogP contribution >= 0.6 is 0 Å². The first-order valence-electron chi connectivity index (χ1n) is 13.0. The summed E-state index contributed by atoms with van der Waals surface area (Å²) in [4.78, 5) is 31.7. The minimum Gasteiger partial charge on any atom is -0.353 e. The van der Waals surface area contributed by atoms with Gasteiger partial charge >= 0.3 is 0 Å². The Balaban J connectivity index is 1.39. The Kier molecular flexibility index (Phi) is 8.99. The van der Waals surface area contributed by atoms with E-state index in [0.717, 1.165) is 12.0 Å². The predicted molar refractivity (Wildman–Crippen MR) is 143 cm³/mol. The zero-order chi connectivity index (χ0) is 27.1. The second-order valence-electron chi connectivity index (χ2n) is 9.89. The molecule has 7 nitrogen and oxygen atoms in total. The number of benzene rings is 2. The van der Waals surface area contributed by atoms with E-state index in [4.69, 9.17) is 0 Å². The van der Waals surface area contributed by atoms with E-state index >= 15 is 0 Å². The zero-order valence-electron chi connectivity index (χ0n) is 21.8. The van der Waals surface area contributed by atoms with Crippen LogP contribution in [0.3, 0.4) is 0 Å². The van der Waals surface area contributed by atoms with Crippen molar-refractivity contribution in [3.05, 3.63) is 77.9 Å². The molecule has 2 heterocycles. The van der Waals surface area contributed by atoms with E-state index in [1.807, 2.05) is 26.0 Å². The highest BCUT2D eigenvalue weighted by Crippen LogP contribution is 2.20. The van der Waals surface area contributed by atoms with Gasteiger partial charge in [-0.15, -0.1) is 10.2 Å².